The fraction of sp³-hybridized carbons (Fsp3) is 0.955. The Morgan fingerprint density at radius 2 is 1.83 bits per heavy atom. The first-order valence-electron chi connectivity index (χ1n) is 10.7. The van der Waals surface area contributed by atoms with E-state index < -0.39 is 0 Å². The van der Waals surface area contributed by atoms with Crippen LogP contribution in [0, 0.1) is 40.4 Å². The molecule has 1 aliphatic heterocycles. The third-order valence-electron chi connectivity index (χ3n) is 9.30. The number of amides is 1. The van der Waals surface area contributed by atoms with Crippen LogP contribution in [0.4, 0.5) is 0 Å². The summed E-state index contributed by atoms with van der Waals surface area (Å²) in [4.78, 5) is 12.0. The average Bonchev–Trinajstić information content (AvgIpc) is 2.87. The van der Waals surface area contributed by atoms with E-state index in [4.69, 9.17) is 0 Å². The van der Waals surface area contributed by atoms with Gasteiger partial charge in [-0.1, -0.05) is 40.5 Å². The van der Waals surface area contributed by atoms with Gasteiger partial charge in [0.15, 0.2) is 0 Å². The highest BCUT2D eigenvalue weighted by Crippen LogP contribution is 2.67. The lowest BCUT2D eigenvalue weighted by molar-refractivity contribution is -0.143. The molecule has 0 radical (unpaired) electrons. The van der Waals surface area contributed by atoms with Crippen molar-refractivity contribution in [3.8, 4) is 0 Å². The van der Waals surface area contributed by atoms with Gasteiger partial charge in [0.2, 0.25) is 5.91 Å². The zero-order chi connectivity index (χ0) is 17.1. The molecule has 24 heavy (non-hydrogen) atoms. The van der Waals surface area contributed by atoms with Crippen LogP contribution in [0.2, 0.25) is 0 Å². The van der Waals surface area contributed by atoms with Crippen LogP contribution in [0.25, 0.3) is 0 Å². The number of fused-ring (bicyclic) bond motifs is 5. The van der Waals surface area contributed by atoms with E-state index in [1.807, 2.05) is 0 Å². The number of nitrogens with one attached hydrogen (secondary N) is 1. The van der Waals surface area contributed by atoms with Gasteiger partial charge in [-0.3, -0.25) is 4.79 Å². The van der Waals surface area contributed by atoms with Gasteiger partial charge >= 0.3 is 0 Å². The lowest BCUT2D eigenvalue weighted by Crippen LogP contribution is -2.63. The van der Waals surface area contributed by atoms with Gasteiger partial charge in [0.05, 0.1) is 0 Å². The molecule has 8 atom stereocenters. The predicted octanol–water partition coefficient (Wildman–Crippen LogP) is 5.17. The van der Waals surface area contributed by atoms with E-state index in [-0.39, 0.29) is 0 Å². The van der Waals surface area contributed by atoms with E-state index in [1.165, 1.54) is 44.9 Å². The topological polar surface area (TPSA) is 29.1 Å². The zero-order valence-electron chi connectivity index (χ0n) is 16.2. The molecule has 0 aromatic rings. The lowest BCUT2D eigenvalue weighted by atomic mass is 9.45. The number of carbonyl (C=O) groups excluding carboxylic acids is 1. The summed E-state index contributed by atoms with van der Waals surface area (Å²) in [6, 6.07) is 0.437. The van der Waals surface area contributed by atoms with Crippen LogP contribution in [-0.4, -0.2) is 11.9 Å². The van der Waals surface area contributed by atoms with E-state index in [9.17, 15) is 4.79 Å². The van der Waals surface area contributed by atoms with E-state index >= 15 is 0 Å². The molecule has 0 unspecified atom stereocenters. The van der Waals surface area contributed by atoms with E-state index in [1.54, 1.807) is 0 Å². The number of piperidine rings is 1. The molecule has 0 aromatic carbocycles. The number of rotatable bonds is 2. The summed E-state index contributed by atoms with van der Waals surface area (Å²) in [6.45, 7) is 10.0. The molecule has 4 rings (SSSR count). The van der Waals surface area contributed by atoms with E-state index in [0.29, 0.717) is 22.8 Å². The van der Waals surface area contributed by atoms with Gasteiger partial charge in [-0.25, -0.2) is 0 Å². The fourth-order valence-corrected chi connectivity index (χ4v) is 7.98. The predicted molar refractivity (Wildman–Crippen MR) is 98.5 cm³/mol. The molecule has 1 N–H and O–H groups in total. The molecular weight excluding hydrogens is 294 g/mol. The average molecular weight is 332 g/mol. The minimum Gasteiger partial charge on any atom is -0.353 e. The minimum absolute atomic E-state index is 0.299. The van der Waals surface area contributed by atoms with Crippen molar-refractivity contribution in [1.82, 2.24) is 5.32 Å². The Labute approximate surface area is 148 Å². The molecule has 4 fully saturated rings. The van der Waals surface area contributed by atoms with Crippen molar-refractivity contribution >= 4 is 5.91 Å². The number of hydrogen-bond donors (Lipinski definition) is 1. The van der Waals surface area contributed by atoms with Crippen molar-refractivity contribution in [3.63, 3.8) is 0 Å². The highest BCUT2D eigenvalue weighted by atomic mass is 16.1. The van der Waals surface area contributed by atoms with Crippen LogP contribution in [0.3, 0.4) is 0 Å². The van der Waals surface area contributed by atoms with Gasteiger partial charge in [0, 0.05) is 12.5 Å². The molecule has 4 aliphatic rings. The Hall–Kier alpha value is -0.530. The van der Waals surface area contributed by atoms with Crippen LogP contribution in [0.5, 0.6) is 0 Å². The van der Waals surface area contributed by atoms with Crippen LogP contribution >= 0.6 is 0 Å². The second-order valence-corrected chi connectivity index (χ2v) is 10.2. The van der Waals surface area contributed by atoms with Crippen LogP contribution in [0.1, 0.15) is 85.5 Å². The quantitative estimate of drug-likeness (QED) is 0.743. The molecule has 0 spiro atoms. The van der Waals surface area contributed by atoms with Gasteiger partial charge in [0.1, 0.15) is 0 Å². The lowest BCUT2D eigenvalue weighted by Gasteiger charge is -2.62. The summed E-state index contributed by atoms with van der Waals surface area (Å²) in [5, 5.41) is 3.38. The van der Waals surface area contributed by atoms with Gasteiger partial charge in [-0.2, -0.15) is 0 Å². The summed E-state index contributed by atoms with van der Waals surface area (Å²) in [7, 11) is 0. The van der Waals surface area contributed by atoms with Gasteiger partial charge < -0.3 is 5.32 Å². The first kappa shape index (κ1) is 16.9. The SMILES string of the molecule is CCC[C@H]1CC[C@H]2[C@@H]3[C@@H](C)C[C@H]4NC(=O)CC[C@]4(C)[C@H]3CC[C@]12C. The Bertz CT molecular complexity index is 516. The maximum Gasteiger partial charge on any atom is 0.220 e. The standard InChI is InChI=1S/C22H37NO/c1-5-6-15-7-8-16-20-14(2)13-18-22(4,12-10-19(24)23-18)17(20)9-11-21(15,16)3/h14-18,20H,5-13H2,1-4H3,(H,23,24)/t14-,15-,16-,17-,18+,20-,21+,22+/m0/s1. The third kappa shape index (κ3) is 2.23. The molecule has 3 saturated carbocycles. The Balaban J connectivity index is 1.64. The monoisotopic (exact) mass is 331 g/mol. The zero-order valence-corrected chi connectivity index (χ0v) is 16.2. The van der Waals surface area contributed by atoms with Crippen molar-refractivity contribution in [2.75, 3.05) is 0 Å². The molecule has 2 nitrogen and oxygen atoms in total. The van der Waals surface area contributed by atoms with Gasteiger partial charge in [0.25, 0.3) is 0 Å². The summed E-state index contributed by atoms with van der Waals surface area (Å²) in [5.74, 6) is 4.73. The molecule has 136 valence electrons. The molecule has 1 amide bonds. The molecule has 3 aliphatic carbocycles. The largest absolute Gasteiger partial charge is 0.353 e. The van der Waals surface area contributed by atoms with Crippen molar-refractivity contribution < 1.29 is 4.79 Å². The highest BCUT2D eigenvalue weighted by Gasteiger charge is 2.61. The molecular formula is C22H37NO. The van der Waals surface area contributed by atoms with Gasteiger partial charge in [-0.05, 0) is 78.9 Å². The normalized spacial score (nSPS) is 53.8. The van der Waals surface area contributed by atoms with E-state index in [0.717, 1.165) is 42.4 Å². The molecule has 0 bridgehead atoms. The van der Waals surface area contributed by atoms with E-state index in [2.05, 4.69) is 33.0 Å². The van der Waals surface area contributed by atoms with Crippen LogP contribution in [0.15, 0.2) is 0 Å². The molecule has 1 saturated heterocycles. The Kier molecular flexibility index (Phi) is 4.05. The van der Waals surface area contributed by atoms with Crippen molar-refractivity contribution in [2.24, 2.45) is 40.4 Å². The summed E-state index contributed by atoms with van der Waals surface area (Å²) < 4.78 is 0. The van der Waals surface area contributed by atoms with Crippen LogP contribution in [-0.2, 0) is 4.79 Å². The Morgan fingerprint density at radius 1 is 1.08 bits per heavy atom. The third-order valence-corrected chi connectivity index (χ3v) is 9.30. The smallest absolute Gasteiger partial charge is 0.220 e. The highest BCUT2D eigenvalue weighted by molar-refractivity contribution is 5.77. The molecule has 0 aromatic heterocycles. The molecule has 1 heterocycles. The second-order valence-electron chi connectivity index (χ2n) is 10.2. The van der Waals surface area contributed by atoms with Crippen molar-refractivity contribution in [2.45, 2.75) is 91.5 Å². The van der Waals surface area contributed by atoms with Crippen LogP contribution < -0.4 is 5.32 Å². The van der Waals surface area contributed by atoms with Crippen molar-refractivity contribution in [1.29, 1.82) is 0 Å². The maximum atomic E-state index is 12.0. The minimum atomic E-state index is 0.299. The first-order valence-corrected chi connectivity index (χ1v) is 10.7. The summed E-state index contributed by atoms with van der Waals surface area (Å²) >= 11 is 0. The number of carbonyl (C=O) groups is 1. The molecule has 2 heteroatoms. The summed E-state index contributed by atoms with van der Waals surface area (Å²) in [6.07, 6.45) is 11.7. The number of hydrogen-bond acceptors (Lipinski definition) is 1. The summed E-state index contributed by atoms with van der Waals surface area (Å²) in [5.41, 5.74) is 0.960. The first-order chi connectivity index (χ1) is 11.4. The Morgan fingerprint density at radius 3 is 2.58 bits per heavy atom. The second kappa shape index (κ2) is 5.74. The maximum absolute atomic E-state index is 12.0. The fourth-order valence-electron chi connectivity index (χ4n) is 7.98. The van der Waals surface area contributed by atoms with Crippen molar-refractivity contribution in [3.05, 3.63) is 0 Å². The van der Waals surface area contributed by atoms with Gasteiger partial charge in [-0.15, -0.1) is 0 Å².